The lowest BCUT2D eigenvalue weighted by atomic mass is 10.1. The van der Waals surface area contributed by atoms with Crippen molar-refractivity contribution in [2.24, 2.45) is 0 Å². The molecule has 0 amide bonds. The van der Waals surface area contributed by atoms with E-state index in [1.807, 2.05) is 0 Å². The summed E-state index contributed by atoms with van der Waals surface area (Å²) in [5.41, 5.74) is 0. The molecular weight excluding hydrogens is 452 g/mol. The normalized spacial score (nSPS) is 13.8. The molecular formula is C30H44O4Si. The summed E-state index contributed by atoms with van der Waals surface area (Å²) in [6.07, 6.45) is 4.77. The Kier molecular flexibility index (Phi) is 12.2. The van der Waals surface area contributed by atoms with Gasteiger partial charge in [-0.2, -0.15) is 0 Å². The lowest BCUT2D eigenvalue weighted by molar-refractivity contribution is -0.107. The van der Waals surface area contributed by atoms with Crippen LogP contribution in [0.3, 0.4) is 0 Å². The molecule has 0 aliphatic carbocycles. The molecule has 0 saturated carbocycles. The van der Waals surface area contributed by atoms with Gasteiger partial charge in [0.25, 0.3) is 8.32 Å². The SMILES string of the molecule is COC(CCCCC[C@H](CC#C[C@H](C)O)O[Si](c1ccccc1)(c1ccccc1)C(C)(C)C)OC. The predicted octanol–water partition coefficient (Wildman–Crippen LogP) is 5.28. The zero-order valence-electron chi connectivity index (χ0n) is 22.4. The van der Waals surface area contributed by atoms with Crippen LogP contribution in [0.1, 0.15) is 66.2 Å². The molecule has 0 bridgehead atoms. The molecule has 4 nitrogen and oxygen atoms in total. The van der Waals surface area contributed by atoms with Crippen molar-refractivity contribution in [2.75, 3.05) is 14.2 Å². The van der Waals surface area contributed by atoms with E-state index in [0.717, 1.165) is 32.1 Å². The number of unbranched alkanes of at least 4 members (excludes halogenated alkanes) is 2. The molecule has 0 aromatic heterocycles. The quantitative estimate of drug-likeness (QED) is 0.177. The molecule has 2 aromatic rings. The fourth-order valence-electron chi connectivity index (χ4n) is 4.66. The summed E-state index contributed by atoms with van der Waals surface area (Å²) in [7, 11) is 0.709. The highest BCUT2D eigenvalue weighted by molar-refractivity contribution is 6.99. The topological polar surface area (TPSA) is 47.9 Å². The second-order valence-electron chi connectivity index (χ2n) is 10.1. The Labute approximate surface area is 214 Å². The minimum atomic E-state index is -2.66. The van der Waals surface area contributed by atoms with E-state index < -0.39 is 14.4 Å². The van der Waals surface area contributed by atoms with Crippen LogP contribution in [0.5, 0.6) is 0 Å². The molecule has 2 rings (SSSR count). The number of aliphatic hydroxyl groups is 1. The van der Waals surface area contributed by atoms with Crippen molar-refractivity contribution in [3.63, 3.8) is 0 Å². The molecule has 0 aliphatic rings. The number of rotatable bonds is 13. The van der Waals surface area contributed by atoms with Gasteiger partial charge in [-0.25, -0.2) is 0 Å². The van der Waals surface area contributed by atoms with Crippen LogP contribution in [-0.2, 0) is 13.9 Å². The van der Waals surface area contributed by atoms with Gasteiger partial charge < -0.3 is 19.0 Å². The van der Waals surface area contributed by atoms with Crippen LogP contribution in [0.2, 0.25) is 5.04 Å². The highest BCUT2D eigenvalue weighted by Gasteiger charge is 2.51. The second-order valence-corrected chi connectivity index (χ2v) is 14.4. The third kappa shape index (κ3) is 8.59. The van der Waals surface area contributed by atoms with Gasteiger partial charge in [0, 0.05) is 20.6 Å². The summed E-state index contributed by atoms with van der Waals surface area (Å²) in [5, 5.41) is 12.2. The van der Waals surface area contributed by atoms with Crippen LogP contribution in [0.25, 0.3) is 0 Å². The van der Waals surface area contributed by atoms with Crippen molar-refractivity contribution < 1.29 is 19.0 Å². The first-order valence-electron chi connectivity index (χ1n) is 12.8. The van der Waals surface area contributed by atoms with Crippen LogP contribution in [0.4, 0.5) is 0 Å². The Hall–Kier alpha value is -1.94. The van der Waals surface area contributed by atoms with E-state index in [0.29, 0.717) is 6.42 Å². The first-order chi connectivity index (χ1) is 16.7. The van der Waals surface area contributed by atoms with Gasteiger partial charge in [-0.1, -0.05) is 106 Å². The summed E-state index contributed by atoms with van der Waals surface area (Å²) >= 11 is 0. The highest BCUT2D eigenvalue weighted by Crippen LogP contribution is 2.38. The Bertz CT molecular complexity index is 853. The van der Waals surface area contributed by atoms with Crippen LogP contribution < -0.4 is 10.4 Å². The maximum atomic E-state index is 9.70. The molecule has 0 spiro atoms. The fraction of sp³-hybridized carbons (Fsp3) is 0.533. The Morgan fingerprint density at radius 2 is 1.34 bits per heavy atom. The summed E-state index contributed by atoms with van der Waals surface area (Å²) in [6.45, 7) is 8.60. The van der Waals surface area contributed by atoms with Crippen LogP contribution >= 0.6 is 0 Å². The maximum absolute atomic E-state index is 9.70. The van der Waals surface area contributed by atoms with E-state index in [1.165, 1.54) is 10.4 Å². The van der Waals surface area contributed by atoms with Gasteiger partial charge in [0.1, 0.15) is 6.10 Å². The van der Waals surface area contributed by atoms with Crippen LogP contribution in [0.15, 0.2) is 60.7 Å². The van der Waals surface area contributed by atoms with Crippen molar-refractivity contribution in [3.05, 3.63) is 60.7 Å². The highest BCUT2D eigenvalue weighted by atomic mass is 28.4. The average Bonchev–Trinajstić information content (AvgIpc) is 2.84. The lowest BCUT2D eigenvalue weighted by Crippen LogP contribution is -2.67. The predicted molar refractivity (Wildman–Crippen MR) is 147 cm³/mol. The van der Waals surface area contributed by atoms with Crippen molar-refractivity contribution in [3.8, 4) is 11.8 Å². The van der Waals surface area contributed by atoms with E-state index in [1.54, 1.807) is 21.1 Å². The van der Waals surface area contributed by atoms with Crippen molar-refractivity contribution in [2.45, 2.75) is 89.8 Å². The Balaban J connectivity index is 2.35. The van der Waals surface area contributed by atoms with Gasteiger partial charge in [-0.3, -0.25) is 0 Å². The zero-order valence-corrected chi connectivity index (χ0v) is 23.4. The molecule has 1 N–H and O–H groups in total. The van der Waals surface area contributed by atoms with Crippen molar-refractivity contribution >= 4 is 18.7 Å². The molecule has 192 valence electrons. The molecule has 0 unspecified atom stereocenters. The monoisotopic (exact) mass is 496 g/mol. The Morgan fingerprint density at radius 1 is 0.829 bits per heavy atom. The van der Waals surface area contributed by atoms with E-state index in [4.69, 9.17) is 13.9 Å². The number of hydrogen-bond donors (Lipinski definition) is 1. The van der Waals surface area contributed by atoms with Crippen LogP contribution in [0, 0.1) is 11.8 Å². The second kappa shape index (κ2) is 14.6. The molecule has 35 heavy (non-hydrogen) atoms. The smallest absolute Gasteiger partial charge is 0.261 e. The third-order valence-corrected chi connectivity index (χ3v) is 11.5. The molecule has 5 heteroatoms. The minimum absolute atomic E-state index is 0.0202. The third-order valence-electron chi connectivity index (χ3n) is 6.39. The van der Waals surface area contributed by atoms with Gasteiger partial charge in [0.05, 0.1) is 6.10 Å². The molecule has 0 radical (unpaired) electrons. The Morgan fingerprint density at radius 3 is 1.80 bits per heavy atom. The van der Waals surface area contributed by atoms with Gasteiger partial charge in [-0.15, -0.1) is 0 Å². The number of hydrogen-bond acceptors (Lipinski definition) is 4. The summed E-state index contributed by atoms with van der Waals surface area (Å²) < 4.78 is 18.0. The van der Waals surface area contributed by atoms with Crippen molar-refractivity contribution in [1.82, 2.24) is 0 Å². The summed E-state index contributed by atoms with van der Waals surface area (Å²) in [5.74, 6) is 6.12. The number of methoxy groups -OCH3 is 2. The van der Waals surface area contributed by atoms with Gasteiger partial charge in [0.2, 0.25) is 0 Å². The van der Waals surface area contributed by atoms with Gasteiger partial charge >= 0.3 is 0 Å². The molecule has 2 atom stereocenters. The van der Waals surface area contributed by atoms with E-state index in [2.05, 4.69) is 93.3 Å². The van der Waals surface area contributed by atoms with Crippen LogP contribution in [-0.4, -0.2) is 46.1 Å². The first kappa shape index (κ1) is 29.3. The minimum Gasteiger partial charge on any atom is -0.404 e. The molecule has 0 fully saturated rings. The van der Waals surface area contributed by atoms with Gasteiger partial charge in [0.15, 0.2) is 6.29 Å². The lowest BCUT2D eigenvalue weighted by Gasteiger charge is -2.45. The summed E-state index contributed by atoms with van der Waals surface area (Å²) in [4.78, 5) is 0. The largest absolute Gasteiger partial charge is 0.404 e. The molecule has 0 aliphatic heterocycles. The van der Waals surface area contributed by atoms with Gasteiger partial charge in [-0.05, 0) is 41.6 Å². The van der Waals surface area contributed by atoms with Crippen molar-refractivity contribution in [1.29, 1.82) is 0 Å². The first-order valence-corrected chi connectivity index (χ1v) is 14.7. The maximum Gasteiger partial charge on any atom is 0.261 e. The number of ether oxygens (including phenoxy) is 2. The fourth-order valence-corrected chi connectivity index (χ4v) is 9.37. The van der Waals surface area contributed by atoms with E-state index in [-0.39, 0.29) is 17.4 Å². The average molecular weight is 497 g/mol. The molecule has 0 saturated heterocycles. The number of aliphatic hydroxyl groups excluding tert-OH is 1. The number of benzene rings is 2. The van der Waals surface area contributed by atoms with E-state index >= 15 is 0 Å². The summed E-state index contributed by atoms with van der Waals surface area (Å²) in [6, 6.07) is 21.5. The molecule has 2 aromatic carbocycles. The standard InChI is InChI=1S/C30H44O4Si/c1-25(31)17-16-19-26(18-10-7-15-24-29(32-5)33-6)34-35(30(2,3)4,27-20-11-8-12-21-27)28-22-13-9-14-23-28/h8-9,11-14,20-23,25-26,29,31H,7,10,15,18-19,24H2,1-6H3/t25-,26+/m0/s1. The molecule has 0 heterocycles. The van der Waals surface area contributed by atoms with E-state index in [9.17, 15) is 5.11 Å². The zero-order chi connectivity index (χ0) is 25.7.